The zero-order valence-corrected chi connectivity index (χ0v) is 14.8. The zero-order chi connectivity index (χ0) is 15.6. The normalized spacial score (nSPS) is 12.9. The third-order valence-corrected chi connectivity index (χ3v) is 4.68. The van der Waals surface area contributed by atoms with Crippen LogP contribution in [0.25, 0.3) is 0 Å². The van der Waals surface area contributed by atoms with Gasteiger partial charge in [-0.3, -0.25) is 4.68 Å². The van der Waals surface area contributed by atoms with Crippen molar-refractivity contribution in [3.63, 3.8) is 0 Å². The summed E-state index contributed by atoms with van der Waals surface area (Å²) in [7, 11) is 4.06. The van der Waals surface area contributed by atoms with Gasteiger partial charge in [0.25, 0.3) is 0 Å². The van der Waals surface area contributed by atoms with Crippen molar-refractivity contribution in [2.24, 2.45) is 5.73 Å². The van der Waals surface area contributed by atoms with Crippen LogP contribution in [0.15, 0.2) is 28.9 Å². The van der Waals surface area contributed by atoms with Gasteiger partial charge in [0.15, 0.2) is 0 Å². The van der Waals surface area contributed by atoms with Gasteiger partial charge < -0.3 is 10.6 Å². The second-order valence-corrected chi connectivity index (χ2v) is 6.60. The van der Waals surface area contributed by atoms with Gasteiger partial charge in [0.05, 0.1) is 29.5 Å². The molecule has 1 aromatic carbocycles. The maximum atomic E-state index is 6.46. The maximum absolute atomic E-state index is 6.46. The molecule has 114 valence electrons. The van der Waals surface area contributed by atoms with Crippen molar-refractivity contribution in [2.45, 2.75) is 19.5 Å². The Kier molecular flexibility index (Phi) is 5.43. The molecule has 2 N–H and O–H groups in total. The molecule has 0 aliphatic heterocycles. The molecule has 0 aliphatic carbocycles. The number of halogens is 2. The zero-order valence-electron chi connectivity index (χ0n) is 12.5. The molecule has 0 amide bonds. The summed E-state index contributed by atoms with van der Waals surface area (Å²) in [6, 6.07) is 5.74. The molecule has 2 aromatic rings. The van der Waals surface area contributed by atoms with Crippen molar-refractivity contribution in [3.05, 3.63) is 50.7 Å². The Morgan fingerprint density at radius 1 is 1.43 bits per heavy atom. The second kappa shape index (κ2) is 6.92. The SMILES string of the molecule is Cc1c(Br)cccc1C(N)c1c(Cl)cnn1CCN(C)C. The van der Waals surface area contributed by atoms with Crippen LogP contribution in [-0.4, -0.2) is 35.3 Å². The van der Waals surface area contributed by atoms with Gasteiger partial charge in [-0.05, 0) is 38.2 Å². The monoisotopic (exact) mass is 370 g/mol. The predicted molar refractivity (Wildman–Crippen MR) is 90.7 cm³/mol. The highest BCUT2D eigenvalue weighted by Crippen LogP contribution is 2.30. The quantitative estimate of drug-likeness (QED) is 0.878. The number of likely N-dealkylation sites (N-methyl/N-ethyl adjacent to an activating group) is 1. The van der Waals surface area contributed by atoms with E-state index in [9.17, 15) is 0 Å². The number of hydrogen-bond acceptors (Lipinski definition) is 3. The summed E-state index contributed by atoms with van der Waals surface area (Å²) in [5.41, 5.74) is 9.50. The van der Waals surface area contributed by atoms with Crippen molar-refractivity contribution >= 4 is 27.5 Å². The molecule has 1 atom stereocenters. The van der Waals surface area contributed by atoms with Crippen LogP contribution in [0.4, 0.5) is 0 Å². The van der Waals surface area contributed by atoms with E-state index < -0.39 is 0 Å². The summed E-state index contributed by atoms with van der Waals surface area (Å²) in [5.74, 6) is 0. The molecule has 1 aromatic heterocycles. The fraction of sp³-hybridized carbons (Fsp3) is 0.400. The lowest BCUT2D eigenvalue weighted by Crippen LogP contribution is -2.24. The number of aromatic nitrogens is 2. The number of benzene rings is 1. The molecule has 2 rings (SSSR count). The van der Waals surface area contributed by atoms with Crippen LogP contribution in [-0.2, 0) is 6.54 Å². The Bertz CT molecular complexity index is 624. The van der Waals surface area contributed by atoms with Gasteiger partial charge in [0.2, 0.25) is 0 Å². The molecule has 1 heterocycles. The van der Waals surface area contributed by atoms with Crippen LogP contribution in [0, 0.1) is 6.92 Å². The molecule has 0 bridgehead atoms. The van der Waals surface area contributed by atoms with E-state index in [1.54, 1.807) is 6.20 Å². The number of hydrogen-bond donors (Lipinski definition) is 1. The molecule has 0 fully saturated rings. The summed E-state index contributed by atoms with van der Waals surface area (Å²) in [6.07, 6.45) is 1.67. The van der Waals surface area contributed by atoms with Crippen molar-refractivity contribution < 1.29 is 0 Å². The lowest BCUT2D eigenvalue weighted by atomic mass is 9.99. The van der Waals surface area contributed by atoms with Crippen molar-refractivity contribution in [2.75, 3.05) is 20.6 Å². The maximum Gasteiger partial charge on any atom is 0.0837 e. The largest absolute Gasteiger partial charge is 0.319 e. The molecule has 0 saturated heterocycles. The molecule has 0 saturated carbocycles. The minimum absolute atomic E-state index is 0.292. The van der Waals surface area contributed by atoms with E-state index in [0.717, 1.165) is 34.4 Å². The van der Waals surface area contributed by atoms with E-state index >= 15 is 0 Å². The first kappa shape index (κ1) is 16.5. The average Bonchev–Trinajstić information content (AvgIpc) is 2.80. The minimum Gasteiger partial charge on any atom is -0.319 e. The van der Waals surface area contributed by atoms with Gasteiger partial charge in [0, 0.05) is 11.0 Å². The van der Waals surface area contributed by atoms with Crippen molar-refractivity contribution in [1.29, 1.82) is 0 Å². The molecule has 1 unspecified atom stereocenters. The molecule has 0 radical (unpaired) electrons. The summed E-state index contributed by atoms with van der Waals surface area (Å²) in [6.45, 7) is 3.69. The number of nitrogens with two attached hydrogens (primary N) is 1. The smallest absolute Gasteiger partial charge is 0.0837 e. The molecule has 0 spiro atoms. The summed E-state index contributed by atoms with van der Waals surface area (Å²) >= 11 is 9.86. The predicted octanol–water partition coefficient (Wildman–Crippen LogP) is 3.22. The van der Waals surface area contributed by atoms with Crippen molar-refractivity contribution in [3.8, 4) is 0 Å². The topological polar surface area (TPSA) is 47.1 Å². The highest BCUT2D eigenvalue weighted by molar-refractivity contribution is 9.10. The lowest BCUT2D eigenvalue weighted by molar-refractivity contribution is 0.368. The summed E-state index contributed by atoms with van der Waals surface area (Å²) in [5, 5.41) is 4.96. The molecule has 4 nitrogen and oxygen atoms in total. The van der Waals surface area contributed by atoms with E-state index in [1.165, 1.54) is 0 Å². The van der Waals surface area contributed by atoms with Crippen LogP contribution < -0.4 is 5.73 Å². The van der Waals surface area contributed by atoms with E-state index in [1.807, 2.05) is 43.9 Å². The summed E-state index contributed by atoms with van der Waals surface area (Å²) < 4.78 is 2.94. The Morgan fingerprint density at radius 2 is 2.14 bits per heavy atom. The fourth-order valence-corrected chi connectivity index (χ4v) is 2.90. The first-order chi connectivity index (χ1) is 9.91. The van der Waals surface area contributed by atoms with Gasteiger partial charge in [-0.15, -0.1) is 0 Å². The minimum atomic E-state index is -0.292. The summed E-state index contributed by atoms with van der Waals surface area (Å²) in [4.78, 5) is 2.11. The van der Waals surface area contributed by atoms with Gasteiger partial charge >= 0.3 is 0 Å². The second-order valence-electron chi connectivity index (χ2n) is 5.34. The number of nitrogens with zero attached hydrogens (tertiary/aromatic N) is 3. The van der Waals surface area contributed by atoms with Crippen LogP contribution >= 0.6 is 27.5 Å². The standard InChI is InChI=1S/C15H20BrClN4/c1-10-11(5-4-6-12(10)16)14(18)15-13(17)9-19-21(15)8-7-20(2)3/h4-6,9,14H,7-8,18H2,1-3H3. The Balaban J connectivity index is 2.36. The van der Waals surface area contributed by atoms with Gasteiger partial charge in [0.1, 0.15) is 0 Å². The highest BCUT2D eigenvalue weighted by atomic mass is 79.9. The molecule has 6 heteroatoms. The average molecular weight is 372 g/mol. The molecular weight excluding hydrogens is 352 g/mol. The Hall–Kier alpha value is -0.880. The van der Waals surface area contributed by atoms with Crippen molar-refractivity contribution in [1.82, 2.24) is 14.7 Å². The molecular formula is C15H20BrClN4. The first-order valence-corrected chi connectivity index (χ1v) is 7.95. The van der Waals surface area contributed by atoms with Gasteiger partial charge in [-0.25, -0.2) is 0 Å². The third-order valence-electron chi connectivity index (χ3n) is 3.53. The van der Waals surface area contributed by atoms with Crippen LogP contribution in [0.5, 0.6) is 0 Å². The van der Waals surface area contributed by atoms with E-state index in [2.05, 4.69) is 25.9 Å². The highest BCUT2D eigenvalue weighted by Gasteiger charge is 2.20. The van der Waals surface area contributed by atoms with E-state index in [4.69, 9.17) is 17.3 Å². The van der Waals surface area contributed by atoms with Gasteiger partial charge in [-0.1, -0.05) is 39.7 Å². The molecule has 21 heavy (non-hydrogen) atoms. The molecule has 0 aliphatic rings. The van der Waals surface area contributed by atoms with E-state index in [-0.39, 0.29) is 6.04 Å². The fourth-order valence-electron chi connectivity index (χ4n) is 2.26. The Morgan fingerprint density at radius 3 is 2.81 bits per heavy atom. The lowest BCUT2D eigenvalue weighted by Gasteiger charge is -2.19. The van der Waals surface area contributed by atoms with Crippen LogP contribution in [0.3, 0.4) is 0 Å². The number of rotatable bonds is 5. The Labute approximate surface area is 139 Å². The van der Waals surface area contributed by atoms with Crippen LogP contribution in [0.1, 0.15) is 22.9 Å². The van der Waals surface area contributed by atoms with Gasteiger partial charge in [-0.2, -0.15) is 5.10 Å². The third kappa shape index (κ3) is 3.66. The van der Waals surface area contributed by atoms with E-state index in [0.29, 0.717) is 5.02 Å². The van der Waals surface area contributed by atoms with Crippen LogP contribution in [0.2, 0.25) is 5.02 Å². The first-order valence-electron chi connectivity index (χ1n) is 6.78.